The summed E-state index contributed by atoms with van der Waals surface area (Å²) in [7, 11) is 0. The first-order valence-electron chi connectivity index (χ1n) is 9.11. The van der Waals surface area contributed by atoms with Crippen molar-refractivity contribution in [3.05, 3.63) is 60.3 Å². The van der Waals surface area contributed by atoms with Crippen LogP contribution in [0.25, 0.3) is 10.9 Å². The van der Waals surface area contributed by atoms with Gasteiger partial charge in [-0.2, -0.15) is 0 Å². The van der Waals surface area contributed by atoms with Crippen LogP contribution in [0.2, 0.25) is 0 Å². The number of anilines is 2. The fourth-order valence-electron chi connectivity index (χ4n) is 3.12. The van der Waals surface area contributed by atoms with Gasteiger partial charge in [-0.1, -0.05) is 18.2 Å². The molecule has 6 nitrogen and oxygen atoms in total. The van der Waals surface area contributed by atoms with Crippen molar-refractivity contribution in [3.63, 3.8) is 0 Å². The molecule has 0 radical (unpaired) electrons. The van der Waals surface area contributed by atoms with Crippen LogP contribution < -0.4 is 16.0 Å². The van der Waals surface area contributed by atoms with Gasteiger partial charge in [0.2, 0.25) is 5.91 Å². The summed E-state index contributed by atoms with van der Waals surface area (Å²) >= 11 is 0. The second-order valence-electron chi connectivity index (χ2n) is 6.93. The number of hydrogen-bond donors (Lipinski definition) is 3. The second kappa shape index (κ2) is 7.15. The van der Waals surface area contributed by atoms with Gasteiger partial charge in [0, 0.05) is 28.6 Å². The molecule has 1 saturated carbocycles. The Kier molecular flexibility index (Phi) is 4.54. The molecular weight excluding hydrogens is 340 g/mol. The average molecular weight is 362 g/mol. The van der Waals surface area contributed by atoms with Gasteiger partial charge in [0.05, 0.1) is 0 Å². The Morgan fingerprint density at radius 1 is 1.00 bits per heavy atom. The van der Waals surface area contributed by atoms with Crippen LogP contribution in [0.5, 0.6) is 0 Å². The van der Waals surface area contributed by atoms with Gasteiger partial charge in [0.1, 0.15) is 6.54 Å². The highest BCUT2D eigenvalue weighted by atomic mass is 16.2. The molecule has 0 saturated heterocycles. The Morgan fingerprint density at radius 3 is 2.37 bits per heavy atom. The molecule has 0 aliphatic heterocycles. The number of carbonyl (C=O) groups excluding carboxylic acids is 2. The summed E-state index contributed by atoms with van der Waals surface area (Å²) in [6, 6.07) is 17.3. The average Bonchev–Trinajstić information content (AvgIpc) is 3.40. The van der Waals surface area contributed by atoms with Crippen LogP contribution in [0.15, 0.2) is 54.6 Å². The first-order chi connectivity index (χ1) is 13.1. The van der Waals surface area contributed by atoms with Crippen LogP contribution in [-0.2, 0) is 11.3 Å². The van der Waals surface area contributed by atoms with Crippen molar-refractivity contribution >= 4 is 34.2 Å². The quantitative estimate of drug-likeness (QED) is 0.644. The van der Waals surface area contributed by atoms with Gasteiger partial charge in [-0.25, -0.2) is 4.79 Å². The fraction of sp³-hybridized carbons (Fsp3) is 0.238. The third-order valence-electron chi connectivity index (χ3n) is 4.66. The van der Waals surface area contributed by atoms with Gasteiger partial charge in [-0.15, -0.1) is 0 Å². The van der Waals surface area contributed by atoms with Crippen LogP contribution in [0, 0.1) is 6.92 Å². The first-order valence-corrected chi connectivity index (χ1v) is 9.11. The molecule has 0 atom stereocenters. The van der Waals surface area contributed by atoms with E-state index in [-0.39, 0.29) is 18.5 Å². The monoisotopic (exact) mass is 362 g/mol. The number of benzene rings is 2. The molecule has 1 aliphatic rings. The molecule has 2 aromatic carbocycles. The predicted molar refractivity (Wildman–Crippen MR) is 107 cm³/mol. The summed E-state index contributed by atoms with van der Waals surface area (Å²) in [4.78, 5) is 24.2. The topological polar surface area (TPSA) is 75.2 Å². The highest BCUT2D eigenvalue weighted by molar-refractivity contribution is 5.93. The van der Waals surface area contributed by atoms with E-state index in [4.69, 9.17) is 0 Å². The minimum Gasteiger partial charge on any atom is -0.335 e. The van der Waals surface area contributed by atoms with Gasteiger partial charge in [0.25, 0.3) is 0 Å². The summed E-state index contributed by atoms with van der Waals surface area (Å²) in [5.41, 5.74) is 3.49. The molecule has 27 heavy (non-hydrogen) atoms. The van der Waals surface area contributed by atoms with E-state index in [0.717, 1.165) is 29.4 Å². The van der Waals surface area contributed by atoms with E-state index >= 15 is 0 Å². The largest absolute Gasteiger partial charge is 0.335 e. The number of amides is 3. The highest BCUT2D eigenvalue weighted by Gasteiger charge is 2.23. The van der Waals surface area contributed by atoms with E-state index < -0.39 is 0 Å². The Hall–Kier alpha value is -3.28. The van der Waals surface area contributed by atoms with Crippen molar-refractivity contribution < 1.29 is 9.59 Å². The maximum atomic E-state index is 12.5. The molecule has 1 aliphatic carbocycles. The van der Waals surface area contributed by atoms with Gasteiger partial charge in [0.15, 0.2) is 0 Å². The summed E-state index contributed by atoms with van der Waals surface area (Å²) in [6.07, 6.45) is 2.10. The molecule has 6 heteroatoms. The SMILES string of the molecule is Cc1cc2ccccc2n1CC(=O)Nc1ccc(NC(=O)NC2CC2)cc1. The summed E-state index contributed by atoms with van der Waals surface area (Å²) < 4.78 is 2.00. The zero-order chi connectivity index (χ0) is 18.8. The molecule has 1 fully saturated rings. The third kappa shape index (κ3) is 4.11. The molecule has 1 heterocycles. The maximum Gasteiger partial charge on any atom is 0.319 e. The maximum absolute atomic E-state index is 12.5. The number of aromatic nitrogens is 1. The lowest BCUT2D eigenvalue weighted by atomic mass is 10.2. The highest BCUT2D eigenvalue weighted by Crippen LogP contribution is 2.20. The number of nitrogens with one attached hydrogen (secondary N) is 3. The smallest absolute Gasteiger partial charge is 0.319 e. The van der Waals surface area contributed by atoms with E-state index in [9.17, 15) is 9.59 Å². The first kappa shape index (κ1) is 17.1. The lowest BCUT2D eigenvalue weighted by Crippen LogP contribution is -2.30. The predicted octanol–water partition coefficient (Wildman–Crippen LogP) is 3.87. The molecule has 0 bridgehead atoms. The van der Waals surface area contributed by atoms with Crippen molar-refractivity contribution in [2.45, 2.75) is 32.4 Å². The molecule has 138 valence electrons. The van der Waals surface area contributed by atoms with Crippen LogP contribution in [0.3, 0.4) is 0 Å². The zero-order valence-electron chi connectivity index (χ0n) is 15.2. The Labute approximate surface area is 157 Å². The number of nitrogens with zero attached hydrogens (tertiary/aromatic N) is 1. The normalized spacial score (nSPS) is 13.4. The number of aryl methyl sites for hydroxylation is 1. The van der Waals surface area contributed by atoms with Crippen molar-refractivity contribution in [1.82, 2.24) is 9.88 Å². The van der Waals surface area contributed by atoms with Crippen molar-refractivity contribution in [1.29, 1.82) is 0 Å². The van der Waals surface area contributed by atoms with E-state index in [1.807, 2.05) is 35.8 Å². The molecule has 4 rings (SSSR count). The Morgan fingerprint density at radius 2 is 1.67 bits per heavy atom. The van der Waals surface area contributed by atoms with Crippen LogP contribution in [0.1, 0.15) is 18.5 Å². The van der Waals surface area contributed by atoms with E-state index in [0.29, 0.717) is 17.4 Å². The van der Waals surface area contributed by atoms with Gasteiger partial charge < -0.3 is 20.5 Å². The third-order valence-corrected chi connectivity index (χ3v) is 4.66. The number of para-hydroxylation sites is 1. The molecule has 3 amide bonds. The van der Waals surface area contributed by atoms with Crippen molar-refractivity contribution in [2.75, 3.05) is 10.6 Å². The second-order valence-corrected chi connectivity index (χ2v) is 6.93. The van der Waals surface area contributed by atoms with E-state index in [1.54, 1.807) is 24.3 Å². The number of urea groups is 1. The van der Waals surface area contributed by atoms with Crippen molar-refractivity contribution in [3.8, 4) is 0 Å². The summed E-state index contributed by atoms with van der Waals surface area (Å²) in [5, 5.41) is 9.70. The number of rotatable bonds is 5. The molecule has 1 aromatic heterocycles. The van der Waals surface area contributed by atoms with Crippen LogP contribution in [-0.4, -0.2) is 22.5 Å². The standard InChI is InChI=1S/C21H22N4O2/c1-14-12-15-4-2-3-5-19(15)25(14)13-20(26)22-16-6-8-17(9-7-16)23-21(27)24-18-10-11-18/h2-9,12,18H,10-11,13H2,1H3,(H,22,26)(H2,23,24,27). The molecule has 0 unspecified atom stereocenters. The molecule has 3 N–H and O–H groups in total. The number of hydrogen-bond acceptors (Lipinski definition) is 2. The number of fused-ring (bicyclic) bond motifs is 1. The van der Waals surface area contributed by atoms with Gasteiger partial charge in [-0.05, 0) is 61.5 Å². The van der Waals surface area contributed by atoms with Crippen LogP contribution >= 0.6 is 0 Å². The Bertz CT molecular complexity index is 987. The molecular formula is C21H22N4O2. The zero-order valence-corrected chi connectivity index (χ0v) is 15.2. The fourth-order valence-corrected chi connectivity index (χ4v) is 3.12. The van der Waals surface area contributed by atoms with Crippen LogP contribution in [0.4, 0.5) is 16.2 Å². The Balaban J connectivity index is 1.37. The molecule has 0 spiro atoms. The number of carbonyl (C=O) groups is 2. The lowest BCUT2D eigenvalue weighted by molar-refractivity contribution is -0.116. The summed E-state index contributed by atoms with van der Waals surface area (Å²) in [5.74, 6) is -0.0911. The van der Waals surface area contributed by atoms with Crippen molar-refractivity contribution in [2.24, 2.45) is 0 Å². The van der Waals surface area contributed by atoms with E-state index in [1.165, 1.54) is 0 Å². The van der Waals surface area contributed by atoms with E-state index in [2.05, 4.69) is 22.0 Å². The summed E-state index contributed by atoms with van der Waals surface area (Å²) in [6.45, 7) is 2.25. The minimum absolute atomic E-state index is 0.0911. The van der Waals surface area contributed by atoms with Gasteiger partial charge in [-0.3, -0.25) is 4.79 Å². The molecule has 3 aromatic rings. The lowest BCUT2D eigenvalue weighted by Gasteiger charge is -2.11. The minimum atomic E-state index is -0.191. The van der Waals surface area contributed by atoms with Gasteiger partial charge >= 0.3 is 6.03 Å².